The van der Waals surface area contributed by atoms with Crippen molar-refractivity contribution in [3.8, 4) is 11.5 Å². The third-order valence-corrected chi connectivity index (χ3v) is 4.62. The molecule has 0 unspecified atom stereocenters. The Labute approximate surface area is 170 Å². The summed E-state index contributed by atoms with van der Waals surface area (Å²) < 4.78 is 35.3. The quantitative estimate of drug-likeness (QED) is 0.604. The maximum Gasteiger partial charge on any atom is 0.355 e. The van der Waals surface area contributed by atoms with Crippen molar-refractivity contribution >= 4 is 28.7 Å². The average molecular weight is 412 g/mol. The van der Waals surface area contributed by atoms with E-state index in [-0.39, 0.29) is 36.1 Å². The van der Waals surface area contributed by atoms with Crippen molar-refractivity contribution in [1.82, 2.24) is 4.98 Å². The Hall–Kier alpha value is -3.72. The summed E-state index contributed by atoms with van der Waals surface area (Å²) in [5.74, 6) is -1.93. The molecule has 154 valence electrons. The predicted molar refractivity (Wildman–Crippen MR) is 104 cm³/mol. The molecule has 1 aliphatic rings. The summed E-state index contributed by atoms with van der Waals surface area (Å²) in [5, 5.41) is 0. The number of aromatic nitrogens is 1. The highest BCUT2D eigenvalue weighted by atomic mass is 19.1. The highest BCUT2D eigenvalue weighted by Crippen LogP contribution is 2.33. The first kappa shape index (κ1) is 19.6. The van der Waals surface area contributed by atoms with E-state index in [0.717, 1.165) is 0 Å². The fraction of sp³-hybridized carbons (Fsp3) is 0.190. The maximum absolute atomic E-state index is 14.6. The van der Waals surface area contributed by atoms with Crippen molar-refractivity contribution in [2.24, 2.45) is 0 Å². The first-order valence-electron chi connectivity index (χ1n) is 8.94. The predicted octanol–water partition coefficient (Wildman–Crippen LogP) is 3.03. The second-order valence-electron chi connectivity index (χ2n) is 6.37. The fourth-order valence-corrected chi connectivity index (χ4v) is 3.18. The van der Waals surface area contributed by atoms with Gasteiger partial charge in [0.15, 0.2) is 5.58 Å². The van der Waals surface area contributed by atoms with E-state index in [0.29, 0.717) is 16.8 Å². The number of para-hydroxylation sites is 2. The molecule has 3 aromatic rings. The molecule has 9 heteroatoms. The summed E-state index contributed by atoms with van der Waals surface area (Å²) >= 11 is 0. The Balaban J connectivity index is 1.82. The van der Waals surface area contributed by atoms with Gasteiger partial charge in [-0.15, -0.1) is 0 Å². The summed E-state index contributed by atoms with van der Waals surface area (Å²) in [6, 6.07) is 11.2. The number of rotatable bonds is 4. The van der Waals surface area contributed by atoms with Crippen molar-refractivity contribution in [2.45, 2.75) is 0 Å². The van der Waals surface area contributed by atoms with E-state index in [1.165, 1.54) is 37.3 Å². The van der Waals surface area contributed by atoms with Crippen LogP contribution in [0, 0.1) is 5.82 Å². The molecule has 0 atom stereocenters. The van der Waals surface area contributed by atoms with Gasteiger partial charge in [-0.2, -0.15) is 0 Å². The number of halogens is 1. The number of hydrogen-bond donors (Lipinski definition) is 0. The van der Waals surface area contributed by atoms with Gasteiger partial charge in [0.05, 0.1) is 32.0 Å². The van der Waals surface area contributed by atoms with E-state index < -0.39 is 17.8 Å². The number of benzene rings is 2. The Morgan fingerprint density at radius 3 is 2.60 bits per heavy atom. The van der Waals surface area contributed by atoms with Gasteiger partial charge < -0.3 is 23.5 Å². The number of carbonyl (C=O) groups excluding carboxylic acids is 2. The van der Waals surface area contributed by atoms with Gasteiger partial charge in [0.1, 0.15) is 23.8 Å². The molecule has 0 radical (unpaired) electrons. The molecule has 2 aromatic carbocycles. The Morgan fingerprint density at radius 1 is 1.10 bits per heavy atom. The monoisotopic (exact) mass is 412 g/mol. The summed E-state index contributed by atoms with van der Waals surface area (Å²) in [6.07, 6.45) is 0. The molecule has 8 nitrogen and oxygen atoms in total. The normalized spacial score (nSPS) is 14.2. The van der Waals surface area contributed by atoms with Gasteiger partial charge >= 0.3 is 11.9 Å². The zero-order chi connectivity index (χ0) is 21.3. The number of fused-ring (bicyclic) bond motifs is 1. The lowest BCUT2D eigenvalue weighted by Crippen LogP contribution is -2.38. The molecule has 0 amide bonds. The SMILES string of the molecule is COC(=O)C1=C(C(=O)OC)N(c2ccc(F)c(-c3nc4ccccc4o3)c2)COC1. The number of anilines is 1. The summed E-state index contributed by atoms with van der Waals surface area (Å²) in [7, 11) is 2.40. The molecule has 1 aliphatic heterocycles. The Morgan fingerprint density at radius 2 is 1.87 bits per heavy atom. The molecular formula is C21H17FN2O6. The number of carbonyl (C=O) groups is 2. The van der Waals surface area contributed by atoms with Crippen LogP contribution in [0.3, 0.4) is 0 Å². The number of hydrogen-bond acceptors (Lipinski definition) is 8. The molecule has 0 bridgehead atoms. The number of ether oxygens (including phenoxy) is 3. The average Bonchev–Trinajstić information content (AvgIpc) is 3.22. The van der Waals surface area contributed by atoms with Crippen LogP contribution in [0.25, 0.3) is 22.6 Å². The Bertz CT molecular complexity index is 1140. The van der Waals surface area contributed by atoms with Gasteiger partial charge in [-0.25, -0.2) is 19.0 Å². The van der Waals surface area contributed by atoms with Crippen molar-refractivity contribution < 1.29 is 32.6 Å². The number of nitrogens with zero attached hydrogens (tertiary/aromatic N) is 2. The van der Waals surface area contributed by atoms with Gasteiger partial charge in [0.2, 0.25) is 5.89 Å². The van der Waals surface area contributed by atoms with E-state index in [4.69, 9.17) is 18.6 Å². The van der Waals surface area contributed by atoms with Crippen LogP contribution in [0.4, 0.5) is 10.1 Å². The molecule has 0 N–H and O–H groups in total. The minimum absolute atomic E-state index is 0.00309. The van der Waals surface area contributed by atoms with Crippen molar-refractivity contribution in [1.29, 1.82) is 0 Å². The number of oxazole rings is 1. The second kappa shape index (κ2) is 7.96. The molecule has 30 heavy (non-hydrogen) atoms. The van der Waals surface area contributed by atoms with E-state index in [1.54, 1.807) is 24.3 Å². The van der Waals surface area contributed by atoms with Gasteiger partial charge in [-0.3, -0.25) is 0 Å². The zero-order valence-corrected chi connectivity index (χ0v) is 16.2. The maximum atomic E-state index is 14.6. The van der Waals surface area contributed by atoms with Crippen LogP contribution in [-0.2, 0) is 23.8 Å². The third-order valence-electron chi connectivity index (χ3n) is 4.62. The molecule has 4 rings (SSSR count). The van der Waals surface area contributed by atoms with Crippen molar-refractivity contribution in [3.63, 3.8) is 0 Å². The molecule has 2 heterocycles. The van der Waals surface area contributed by atoms with Gasteiger partial charge in [-0.05, 0) is 30.3 Å². The lowest BCUT2D eigenvalue weighted by Gasteiger charge is -2.31. The van der Waals surface area contributed by atoms with Crippen LogP contribution >= 0.6 is 0 Å². The molecule has 1 aromatic heterocycles. The van der Waals surface area contributed by atoms with Crippen LogP contribution < -0.4 is 4.90 Å². The third kappa shape index (κ3) is 3.39. The van der Waals surface area contributed by atoms with Crippen LogP contribution in [-0.4, -0.2) is 44.5 Å². The largest absolute Gasteiger partial charge is 0.466 e. The highest BCUT2D eigenvalue weighted by Gasteiger charge is 2.33. The fourth-order valence-electron chi connectivity index (χ4n) is 3.18. The minimum Gasteiger partial charge on any atom is -0.466 e. The topological polar surface area (TPSA) is 91.1 Å². The number of methoxy groups -OCH3 is 2. The summed E-state index contributed by atoms with van der Waals surface area (Å²) in [4.78, 5) is 30.3. The number of esters is 2. The summed E-state index contributed by atoms with van der Waals surface area (Å²) in [5.41, 5.74) is 1.55. The lowest BCUT2D eigenvalue weighted by atomic mass is 10.1. The molecule has 0 spiro atoms. The highest BCUT2D eigenvalue weighted by molar-refractivity contribution is 6.03. The van der Waals surface area contributed by atoms with Crippen LogP contribution in [0.2, 0.25) is 0 Å². The van der Waals surface area contributed by atoms with Crippen molar-refractivity contribution in [2.75, 3.05) is 32.5 Å². The van der Waals surface area contributed by atoms with Gasteiger partial charge in [0, 0.05) is 5.69 Å². The van der Waals surface area contributed by atoms with Gasteiger partial charge in [-0.1, -0.05) is 12.1 Å². The minimum atomic E-state index is -0.744. The van der Waals surface area contributed by atoms with E-state index >= 15 is 0 Å². The van der Waals surface area contributed by atoms with Crippen LogP contribution in [0.15, 0.2) is 58.2 Å². The smallest absolute Gasteiger partial charge is 0.355 e. The molecule has 0 fully saturated rings. The lowest BCUT2D eigenvalue weighted by molar-refractivity contribution is -0.140. The zero-order valence-electron chi connectivity index (χ0n) is 16.2. The van der Waals surface area contributed by atoms with Crippen molar-refractivity contribution in [3.05, 3.63) is 59.6 Å². The van der Waals surface area contributed by atoms with Crippen LogP contribution in [0.5, 0.6) is 0 Å². The molecule has 0 saturated carbocycles. The molecular weight excluding hydrogens is 395 g/mol. The summed E-state index contributed by atoms with van der Waals surface area (Å²) in [6.45, 7) is -0.170. The standard InChI is InChI=1S/C21H17FN2O6/c1-27-20(25)14-10-29-11-24(18(14)21(26)28-2)12-7-8-15(22)13(9-12)19-23-16-5-3-4-6-17(16)30-19/h3-9H,10-11H2,1-2H3. The first-order valence-corrected chi connectivity index (χ1v) is 8.94. The van der Waals surface area contributed by atoms with E-state index in [2.05, 4.69) is 4.98 Å². The second-order valence-corrected chi connectivity index (χ2v) is 6.37. The van der Waals surface area contributed by atoms with E-state index in [1.807, 2.05) is 0 Å². The van der Waals surface area contributed by atoms with E-state index in [9.17, 15) is 14.0 Å². The Kier molecular flexibility index (Phi) is 5.20. The van der Waals surface area contributed by atoms with Gasteiger partial charge in [0.25, 0.3) is 0 Å². The van der Waals surface area contributed by atoms with Crippen LogP contribution in [0.1, 0.15) is 0 Å². The molecule has 0 aliphatic carbocycles. The first-order chi connectivity index (χ1) is 14.5. The molecule has 0 saturated heterocycles.